The van der Waals surface area contributed by atoms with Gasteiger partial charge in [-0.1, -0.05) is 36.4 Å². The Morgan fingerprint density at radius 3 is 2.51 bits per heavy atom. The fraction of sp³-hybridized carbons (Fsp3) is 0.154. The van der Waals surface area contributed by atoms with Crippen molar-refractivity contribution in [2.75, 3.05) is 14.2 Å². The molecule has 0 spiro atoms. The highest BCUT2D eigenvalue weighted by molar-refractivity contribution is 6.06. The zero-order valence-corrected chi connectivity index (χ0v) is 19.3. The smallest absolute Gasteiger partial charge is 0.255 e. The van der Waals surface area contributed by atoms with Gasteiger partial charge in [-0.2, -0.15) is 5.10 Å². The van der Waals surface area contributed by atoms with Gasteiger partial charge in [-0.15, -0.1) is 0 Å². The quantitative estimate of drug-likeness (QED) is 0.344. The second kappa shape index (κ2) is 10.5. The molecule has 1 unspecified atom stereocenters. The van der Waals surface area contributed by atoms with Crippen LogP contribution in [0.5, 0.6) is 11.6 Å². The normalized spacial score (nSPS) is 11.9. The molecule has 2 aromatic heterocycles. The van der Waals surface area contributed by atoms with Crippen LogP contribution in [0.4, 0.5) is 0 Å². The summed E-state index contributed by atoms with van der Waals surface area (Å²) in [4.78, 5) is 29.4. The third-order valence-corrected chi connectivity index (χ3v) is 5.49. The van der Waals surface area contributed by atoms with Gasteiger partial charge in [0.05, 0.1) is 36.4 Å². The van der Waals surface area contributed by atoms with E-state index < -0.39 is 17.9 Å². The molecule has 2 aromatic carbocycles. The molecule has 35 heavy (non-hydrogen) atoms. The summed E-state index contributed by atoms with van der Waals surface area (Å²) in [5.74, 6) is -0.239. The molecule has 0 aliphatic carbocycles. The number of primary amides is 1. The van der Waals surface area contributed by atoms with Gasteiger partial charge >= 0.3 is 0 Å². The number of nitrogens with two attached hydrogens (primary N) is 1. The Balaban J connectivity index is 1.63. The minimum Gasteiger partial charge on any atom is -0.495 e. The first-order valence-electron chi connectivity index (χ1n) is 10.9. The summed E-state index contributed by atoms with van der Waals surface area (Å²) in [7, 11) is 3.04. The summed E-state index contributed by atoms with van der Waals surface area (Å²) in [6, 6.07) is 15.5. The summed E-state index contributed by atoms with van der Waals surface area (Å²) in [6.45, 7) is 0. The Bertz CT molecular complexity index is 1360. The second-order valence-corrected chi connectivity index (χ2v) is 7.76. The van der Waals surface area contributed by atoms with Crippen molar-refractivity contribution >= 4 is 34.9 Å². The number of carbonyl (C=O) groups excluding carboxylic acids is 2. The summed E-state index contributed by atoms with van der Waals surface area (Å²) in [5, 5.41) is 10.7. The summed E-state index contributed by atoms with van der Waals surface area (Å²) < 4.78 is 10.7. The van der Waals surface area contributed by atoms with E-state index in [2.05, 4.69) is 20.5 Å². The highest BCUT2D eigenvalue weighted by Gasteiger charge is 2.24. The average Bonchev–Trinajstić information content (AvgIpc) is 3.30. The van der Waals surface area contributed by atoms with Crippen molar-refractivity contribution in [3.05, 3.63) is 83.2 Å². The maximum atomic E-state index is 13.2. The first-order chi connectivity index (χ1) is 17.0. The number of fused-ring (bicyclic) bond motifs is 1. The monoisotopic (exact) mass is 471 g/mol. The number of aromatic amines is 1. The van der Waals surface area contributed by atoms with E-state index in [4.69, 9.17) is 15.2 Å². The molecule has 0 aliphatic rings. The van der Waals surface area contributed by atoms with Crippen LogP contribution in [0, 0.1) is 0 Å². The van der Waals surface area contributed by atoms with Gasteiger partial charge in [0.25, 0.3) is 5.91 Å². The van der Waals surface area contributed by atoms with Crippen LogP contribution >= 0.6 is 0 Å². The van der Waals surface area contributed by atoms with Crippen LogP contribution in [0.3, 0.4) is 0 Å². The first kappa shape index (κ1) is 23.5. The lowest BCUT2D eigenvalue weighted by atomic mass is 10.0. The lowest BCUT2D eigenvalue weighted by Gasteiger charge is -2.17. The van der Waals surface area contributed by atoms with Crippen molar-refractivity contribution in [2.45, 2.75) is 12.5 Å². The molecule has 0 saturated carbocycles. The predicted molar refractivity (Wildman–Crippen MR) is 133 cm³/mol. The molecule has 178 valence electrons. The Morgan fingerprint density at radius 1 is 1.06 bits per heavy atom. The van der Waals surface area contributed by atoms with Crippen LogP contribution in [0.25, 0.3) is 23.1 Å². The largest absolute Gasteiger partial charge is 0.495 e. The van der Waals surface area contributed by atoms with Gasteiger partial charge < -0.3 is 20.5 Å². The first-order valence-corrected chi connectivity index (χ1v) is 10.9. The van der Waals surface area contributed by atoms with Crippen LogP contribution in [-0.2, 0) is 11.2 Å². The molecule has 1 atom stereocenters. The number of aromatic nitrogens is 3. The number of carbonyl (C=O) groups is 2. The number of H-pyrrole nitrogens is 1. The zero-order valence-electron chi connectivity index (χ0n) is 19.3. The van der Waals surface area contributed by atoms with Crippen molar-refractivity contribution in [1.29, 1.82) is 0 Å². The Hall–Kier alpha value is -4.66. The molecule has 4 N–H and O–H groups in total. The minimum absolute atomic E-state index is 0.265. The molecule has 4 aromatic rings. The van der Waals surface area contributed by atoms with Crippen LogP contribution in [0.1, 0.15) is 27.2 Å². The Kier molecular flexibility index (Phi) is 7.06. The molecule has 2 heterocycles. The van der Waals surface area contributed by atoms with Gasteiger partial charge in [0.2, 0.25) is 11.8 Å². The van der Waals surface area contributed by atoms with Crippen molar-refractivity contribution in [3.8, 4) is 11.6 Å². The van der Waals surface area contributed by atoms with Crippen LogP contribution in [-0.4, -0.2) is 47.3 Å². The average molecular weight is 472 g/mol. The molecule has 2 amide bonds. The van der Waals surface area contributed by atoms with Gasteiger partial charge in [-0.3, -0.25) is 14.7 Å². The van der Waals surface area contributed by atoms with E-state index >= 15 is 0 Å². The third kappa shape index (κ3) is 5.30. The lowest BCUT2D eigenvalue weighted by Crippen LogP contribution is -2.45. The van der Waals surface area contributed by atoms with Gasteiger partial charge in [0.15, 0.2) is 0 Å². The molecule has 4 rings (SSSR count). The highest BCUT2D eigenvalue weighted by atomic mass is 16.5. The number of nitrogens with one attached hydrogen (secondary N) is 2. The predicted octanol–water partition coefficient (Wildman–Crippen LogP) is 2.97. The molecule has 0 fully saturated rings. The number of amides is 2. The molecule has 0 saturated heterocycles. The number of methoxy groups -OCH3 is 2. The van der Waals surface area contributed by atoms with Crippen molar-refractivity contribution in [3.63, 3.8) is 0 Å². The van der Waals surface area contributed by atoms with Gasteiger partial charge in [0.1, 0.15) is 11.8 Å². The van der Waals surface area contributed by atoms with Gasteiger partial charge in [0, 0.05) is 18.7 Å². The zero-order chi connectivity index (χ0) is 24.8. The van der Waals surface area contributed by atoms with E-state index in [9.17, 15) is 9.59 Å². The topological polar surface area (TPSA) is 132 Å². The van der Waals surface area contributed by atoms with E-state index in [0.29, 0.717) is 28.2 Å². The molecule has 0 bridgehead atoms. The summed E-state index contributed by atoms with van der Waals surface area (Å²) in [6.07, 6.45) is 5.60. The Morgan fingerprint density at radius 2 is 1.86 bits per heavy atom. The third-order valence-electron chi connectivity index (χ3n) is 5.49. The number of benzene rings is 2. The number of pyridine rings is 1. The van der Waals surface area contributed by atoms with Crippen molar-refractivity contribution < 1.29 is 19.1 Å². The number of hydrogen-bond donors (Lipinski definition) is 3. The van der Waals surface area contributed by atoms with E-state index in [0.717, 1.165) is 11.1 Å². The van der Waals surface area contributed by atoms with Crippen molar-refractivity contribution in [2.24, 2.45) is 5.73 Å². The summed E-state index contributed by atoms with van der Waals surface area (Å²) in [5.41, 5.74) is 8.84. The molecular formula is C26H25N5O4. The van der Waals surface area contributed by atoms with E-state index in [1.54, 1.807) is 37.6 Å². The molecule has 0 radical (unpaired) electrons. The number of ether oxygens (including phenoxy) is 2. The maximum absolute atomic E-state index is 13.2. The lowest BCUT2D eigenvalue weighted by molar-refractivity contribution is -0.119. The summed E-state index contributed by atoms with van der Waals surface area (Å²) >= 11 is 0. The van der Waals surface area contributed by atoms with E-state index in [1.165, 1.54) is 7.11 Å². The Labute approximate surface area is 202 Å². The van der Waals surface area contributed by atoms with Crippen molar-refractivity contribution in [1.82, 2.24) is 20.5 Å². The fourth-order valence-corrected chi connectivity index (χ4v) is 3.71. The van der Waals surface area contributed by atoms with Crippen LogP contribution in [0.15, 0.2) is 60.8 Å². The number of hydrogen-bond acceptors (Lipinski definition) is 6. The SMILES string of the molecule is COc1ccc(C=Cc2n[nH]c3ccc(C(=O)NC(Cc4ccccc4)C(N)=O)c(OC)c23)cn1. The minimum atomic E-state index is -0.878. The highest BCUT2D eigenvalue weighted by Crippen LogP contribution is 2.32. The number of rotatable bonds is 9. The van der Waals surface area contributed by atoms with Gasteiger partial charge in [-0.25, -0.2) is 4.98 Å². The molecule has 0 aliphatic heterocycles. The maximum Gasteiger partial charge on any atom is 0.255 e. The standard InChI is InChI=1S/C26H25N5O4/c1-34-22-13-9-17(15-28-22)8-11-19-23-20(31-30-19)12-10-18(24(23)35-2)26(33)29-21(25(27)32)14-16-6-4-3-5-7-16/h3-13,15,21H,14H2,1-2H3,(H2,27,32)(H,29,33)(H,30,31). The van der Waals surface area contributed by atoms with E-state index in [-0.39, 0.29) is 12.0 Å². The molecule has 9 nitrogen and oxygen atoms in total. The van der Waals surface area contributed by atoms with Gasteiger partial charge in [-0.05, 0) is 35.4 Å². The fourth-order valence-electron chi connectivity index (χ4n) is 3.71. The van der Waals surface area contributed by atoms with Crippen LogP contribution < -0.4 is 20.5 Å². The molecule has 9 heteroatoms. The second-order valence-electron chi connectivity index (χ2n) is 7.76. The van der Waals surface area contributed by atoms with E-state index in [1.807, 2.05) is 42.5 Å². The number of nitrogens with zero attached hydrogens (tertiary/aromatic N) is 2. The molecular weight excluding hydrogens is 446 g/mol. The van der Waals surface area contributed by atoms with Crippen LogP contribution in [0.2, 0.25) is 0 Å².